The Morgan fingerprint density at radius 2 is 1.87 bits per heavy atom. The molecule has 1 aromatic rings. The molecule has 1 nitrogen and oxygen atoms in total. The van der Waals surface area contributed by atoms with Gasteiger partial charge in [0.25, 0.3) is 0 Å². The van der Waals surface area contributed by atoms with E-state index in [2.05, 4.69) is 0 Å². The lowest BCUT2D eigenvalue weighted by atomic mass is 10.2. The van der Waals surface area contributed by atoms with Crippen molar-refractivity contribution >= 4 is 11.6 Å². The number of ether oxygens (including phenoxy) is 1. The van der Waals surface area contributed by atoms with E-state index in [1.165, 1.54) is 6.07 Å². The lowest BCUT2D eigenvalue weighted by molar-refractivity contribution is 0.192. The zero-order chi connectivity index (χ0) is 11.4. The second-order valence-corrected chi connectivity index (χ2v) is 3.66. The molecule has 0 atom stereocenters. The Morgan fingerprint density at radius 1 is 1.27 bits per heavy atom. The van der Waals surface area contributed by atoms with Gasteiger partial charge in [0.1, 0.15) is 5.75 Å². The number of rotatable bonds is 4. The Labute approximate surface area is 93.0 Å². The van der Waals surface area contributed by atoms with Gasteiger partial charge in [-0.1, -0.05) is 25.4 Å². The highest BCUT2D eigenvalue weighted by Gasteiger charge is 2.12. The zero-order valence-electron chi connectivity index (χ0n) is 8.69. The van der Waals surface area contributed by atoms with Crippen LogP contribution in [0.3, 0.4) is 0 Å². The summed E-state index contributed by atoms with van der Waals surface area (Å²) in [5.74, 6) is -1.75. The third-order valence-electron chi connectivity index (χ3n) is 2.17. The molecule has 0 N–H and O–H groups in total. The third-order valence-corrected chi connectivity index (χ3v) is 2.45. The fourth-order valence-corrected chi connectivity index (χ4v) is 1.45. The molecule has 0 aromatic heterocycles. The monoisotopic (exact) mass is 234 g/mol. The molecule has 0 spiro atoms. The number of benzene rings is 1. The van der Waals surface area contributed by atoms with E-state index >= 15 is 0 Å². The number of hydrogen-bond donors (Lipinski definition) is 0. The summed E-state index contributed by atoms with van der Waals surface area (Å²) in [6, 6.07) is 2.30. The van der Waals surface area contributed by atoms with Crippen LogP contribution in [-0.4, -0.2) is 6.10 Å². The minimum atomic E-state index is -1.03. The molecule has 15 heavy (non-hydrogen) atoms. The molecule has 0 saturated carbocycles. The van der Waals surface area contributed by atoms with Crippen LogP contribution < -0.4 is 4.74 Å². The number of halogens is 3. The van der Waals surface area contributed by atoms with Crippen LogP contribution in [0, 0.1) is 11.6 Å². The maximum atomic E-state index is 13.0. The maximum Gasteiger partial charge on any atom is 0.177 e. The lowest BCUT2D eigenvalue weighted by Gasteiger charge is -2.15. The van der Waals surface area contributed by atoms with Gasteiger partial charge < -0.3 is 4.74 Å². The molecule has 0 radical (unpaired) electrons. The van der Waals surface area contributed by atoms with Crippen molar-refractivity contribution in [2.75, 3.05) is 0 Å². The first-order valence-electron chi connectivity index (χ1n) is 4.89. The van der Waals surface area contributed by atoms with Gasteiger partial charge >= 0.3 is 0 Å². The van der Waals surface area contributed by atoms with Crippen LogP contribution in [-0.2, 0) is 0 Å². The van der Waals surface area contributed by atoms with E-state index in [1.54, 1.807) is 0 Å². The summed E-state index contributed by atoms with van der Waals surface area (Å²) in [7, 11) is 0. The molecule has 0 amide bonds. The molecule has 0 unspecified atom stereocenters. The van der Waals surface area contributed by atoms with Gasteiger partial charge in [0.15, 0.2) is 11.6 Å². The minimum Gasteiger partial charge on any atom is -0.490 e. The standard InChI is InChI=1S/C11H13ClF2O/c1-3-7(4-2)15-8-5-9(12)11(14)10(13)6-8/h5-7H,3-4H2,1-2H3. The molecule has 4 heteroatoms. The predicted octanol–water partition coefficient (Wildman–Crippen LogP) is 4.19. The van der Waals surface area contributed by atoms with E-state index < -0.39 is 11.6 Å². The molecule has 1 rings (SSSR count). The SMILES string of the molecule is CCC(CC)Oc1cc(F)c(F)c(Cl)c1. The summed E-state index contributed by atoms with van der Waals surface area (Å²) in [6.07, 6.45) is 1.63. The summed E-state index contributed by atoms with van der Waals surface area (Å²) in [6.45, 7) is 3.94. The molecule has 0 bridgehead atoms. The number of hydrogen-bond acceptors (Lipinski definition) is 1. The smallest absolute Gasteiger partial charge is 0.177 e. The first-order valence-corrected chi connectivity index (χ1v) is 5.27. The highest BCUT2D eigenvalue weighted by atomic mass is 35.5. The Bertz CT molecular complexity index is 314. The summed E-state index contributed by atoms with van der Waals surface area (Å²) >= 11 is 5.49. The van der Waals surface area contributed by atoms with Crippen molar-refractivity contribution in [1.29, 1.82) is 0 Å². The molecular formula is C11H13ClF2O. The van der Waals surface area contributed by atoms with Crippen molar-refractivity contribution in [2.45, 2.75) is 32.8 Å². The lowest BCUT2D eigenvalue weighted by Crippen LogP contribution is -2.13. The van der Waals surface area contributed by atoms with Crippen LogP contribution in [0.5, 0.6) is 5.75 Å². The van der Waals surface area contributed by atoms with Crippen molar-refractivity contribution in [3.8, 4) is 5.75 Å². The Hall–Kier alpha value is -0.830. The van der Waals surface area contributed by atoms with Crippen LogP contribution in [0.15, 0.2) is 12.1 Å². The quantitative estimate of drug-likeness (QED) is 0.710. The predicted molar refractivity (Wildman–Crippen MR) is 56.4 cm³/mol. The van der Waals surface area contributed by atoms with Crippen LogP contribution in [0.4, 0.5) is 8.78 Å². The van der Waals surface area contributed by atoms with Crippen molar-refractivity contribution in [1.82, 2.24) is 0 Å². The summed E-state index contributed by atoms with van der Waals surface area (Å²) < 4.78 is 31.2. The Kier molecular flexibility index (Phi) is 4.33. The van der Waals surface area contributed by atoms with Crippen molar-refractivity contribution in [3.63, 3.8) is 0 Å². The van der Waals surface area contributed by atoms with Gasteiger partial charge in [-0.05, 0) is 12.8 Å². The highest BCUT2D eigenvalue weighted by Crippen LogP contribution is 2.25. The molecule has 84 valence electrons. The van der Waals surface area contributed by atoms with E-state index in [-0.39, 0.29) is 16.9 Å². The van der Waals surface area contributed by atoms with Crippen molar-refractivity contribution in [2.24, 2.45) is 0 Å². The van der Waals surface area contributed by atoms with E-state index in [0.717, 1.165) is 18.9 Å². The molecule has 0 fully saturated rings. The summed E-state index contributed by atoms with van der Waals surface area (Å²) in [4.78, 5) is 0. The van der Waals surface area contributed by atoms with Gasteiger partial charge in [0, 0.05) is 12.1 Å². The van der Waals surface area contributed by atoms with E-state index in [9.17, 15) is 8.78 Å². The molecular weight excluding hydrogens is 222 g/mol. The highest BCUT2D eigenvalue weighted by molar-refractivity contribution is 6.30. The average Bonchev–Trinajstić information content (AvgIpc) is 2.22. The minimum absolute atomic E-state index is 0.00549. The van der Waals surface area contributed by atoms with Gasteiger partial charge in [-0.3, -0.25) is 0 Å². The van der Waals surface area contributed by atoms with Crippen LogP contribution in [0.2, 0.25) is 5.02 Å². The molecule has 0 aliphatic heterocycles. The average molecular weight is 235 g/mol. The van der Waals surface area contributed by atoms with Crippen LogP contribution in [0.1, 0.15) is 26.7 Å². The molecule has 0 aliphatic carbocycles. The zero-order valence-corrected chi connectivity index (χ0v) is 9.44. The van der Waals surface area contributed by atoms with Crippen molar-refractivity contribution < 1.29 is 13.5 Å². The first-order chi connectivity index (χ1) is 7.08. The fraction of sp³-hybridized carbons (Fsp3) is 0.455. The van der Waals surface area contributed by atoms with E-state index in [1.807, 2.05) is 13.8 Å². The normalized spacial score (nSPS) is 10.8. The summed E-state index contributed by atoms with van der Waals surface area (Å²) in [5.41, 5.74) is 0. The van der Waals surface area contributed by atoms with Gasteiger partial charge in [-0.2, -0.15) is 0 Å². The van der Waals surface area contributed by atoms with Gasteiger partial charge in [0.05, 0.1) is 11.1 Å². The Balaban J connectivity index is 2.87. The maximum absolute atomic E-state index is 13.0. The summed E-state index contributed by atoms with van der Waals surface area (Å²) in [5, 5.41) is -0.254. The van der Waals surface area contributed by atoms with E-state index in [0.29, 0.717) is 0 Å². The van der Waals surface area contributed by atoms with Crippen molar-refractivity contribution in [3.05, 3.63) is 28.8 Å². The largest absolute Gasteiger partial charge is 0.490 e. The topological polar surface area (TPSA) is 9.23 Å². The van der Waals surface area contributed by atoms with Crippen LogP contribution in [0.25, 0.3) is 0 Å². The van der Waals surface area contributed by atoms with Crippen LogP contribution >= 0.6 is 11.6 Å². The molecule has 0 saturated heterocycles. The molecule has 0 aliphatic rings. The first kappa shape index (κ1) is 12.2. The molecule has 1 aromatic carbocycles. The molecule has 0 heterocycles. The Morgan fingerprint density at radius 3 is 2.33 bits per heavy atom. The van der Waals surface area contributed by atoms with Gasteiger partial charge in [-0.15, -0.1) is 0 Å². The van der Waals surface area contributed by atoms with E-state index in [4.69, 9.17) is 16.3 Å². The second-order valence-electron chi connectivity index (χ2n) is 3.26. The second kappa shape index (κ2) is 5.31. The third kappa shape index (κ3) is 3.06. The van der Waals surface area contributed by atoms with Gasteiger partial charge in [0.2, 0.25) is 0 Å². The van der Waals surface area contributed by atoms with Gasteiger partial charge in [-0.25, -0.2) is 8.78 Å². The fourth-order valence-electron chi connectivity index (χ4n) is 1.25.